The maximum atomic E-state index is 12.9. The van der Waals surface area contributed by atoms with Crippen LogP contribution in [0.1, 0.15) is 28.4 Å². The quantitative estimate of drug-likeness (QED) is 0.548. The number of benzene rings is 2. The van der Waals surface area contributed by atoms with Crippen molar-refractivity contribution in [3.8, 4) is 0 Å². The van der Waals surface area contributed by atoms with Gasteiger partial charge in [-0.25, -0.2) is 4.39 Å². The molecule has 0 amide bonds. The molecular weight excluding hydrogens is 321 g/mol. The normalized spacial score (nSPS) is 10.8. The van der Waals surface area contributed by atoms with Gasteiger partial charge in [-0.05, 0) is 29.7 Å². The summed E-state index contributed by atoms with van der Waals surface area (Å²) in [5.41, 5.74) is 3.22. The second-order valence-electron chi connectivity index (χ2n) is 5.78. The minimum atomic E-state index is -0.519. The van der Waals surface area contributed by atoms with Gasteiger partial charge in [-0.15, -0.1) is 0 Å². The van der Waals surface area contributed by atoms with Crippen molar-refractivity contribution < 1.29 is 18.7 Å². The molecule has 2 aromatic carbocycles. The number of carbonyl (C=O) groups excluding carboxylic acids is 2. The zero-order valence-electron chi connectivity index (χ0n) is 13.8. The fourth-order valence-corrected chi connectivity index (χ4v) is 2.79. The molecule has 0 spiro atoms. The Labute approximate surface area is 144 Å². The third-order valence-electron chi connectivity index (χ3n) is 4.11. The summed E-state index contributed by atoms with van der Waals surface area (Å²) in [5.74, 6) is -1.14. The van der Waals surface area contributed by atoms with E-state index >= 15 is 0 Å². The number of halogens is 1. The predicted molar refractivity (Wildman–Crippen MR) is 93.1 cm³/mol. The number of Topliss-reactive ketones (excluding diaryl/α,β-unsaturated/α-hetero) is 1. The Morgan fingerprint density at radius 1 is 1.12 bits per heavy atom. The first kappa shape index (κ1) is 16.9. The van der Waals surface area contributed by atoms with Crippen molar-refractivity contribution in [3.63, 3.8) is 0 Å². The van der Waals surface area contributed by atoms with Gasteiger partial charge in [-0.2, -0.15) is 0 Å². The van der Waals surface area contributed by atoms with Crippen LogP contribution in [0, 0.1) is 5.82 Å². The number of para-hydroxylation sites is 1. The molecule has 0 saturated carbocycles. The van der Waals surface area contributed by atoms with Crippen LogP contribution in [0.15, 0.2) is 48.7 Å². The van der Waals surface area contributed by atoms with Crippen LogP contribution in [0.4, 0.5) is 4.39 Å². The molecule has 128 valence electrons. The smallest absolute Gasteiger partial charge is 0.310 e. The van der Waals surface area contributed by atoms with Gasteiger partial charge in [-0.1, -0.05) is 37.3 Å². The van der Waals surface area contributed by atoms with Crippen LogP contribution in [0.2, 0.25) is 0 Å². The molecule has 0 saturated heterocycles. The number of aromatic amines is 1. The van der Waals surface area contributed by atoms with Gasteiger partial charge in [0.15, 0.2) is 6.61 Å². The summed E-state index contributed by atoms with van der Waals surface area (Å²) in [6.07, 6.45) is 2.51. The molecule has 0 bridgehead atoms. The Hall–Kier alpha value is -2.95. The highest BCUT2D eigenvalue weighted by Crippen LogP contribution is 2.22. The highest BCUT2D eigenvalue weighted by molar-refractivity contribution is 6.09. The molecule has 1 heterocycles. The molecule has 5 heteroatoms. The summed E-state index contributed by atoms with van der Waals surface area (Å²) < 4.78 is 17.9. The van der Waals surface area contributed by atoms with Gasteiger partial charge in [0.05, 0.1) is 6.42 Å². The van der Waals surface area contributed by atoms with Gasteiger partial charge in [0, 0.05) is 22.7 Å². The first-order chi connectivity index (χ1) is 12.1. The lowest BCUT2D eigenvalue weighted by Gasteiger charge is -2.05. The number of ketones is 1. The van der Waals surface area contributed by atoms with Crippen LogP contribution >= 0.6 is 0 Å². The molecule has 3 rings (SSSR count). The van der Waals surface area contributed by atoms with Crippen LogP contribution in [-0.4, -0.2) is 23.3 Å². The largest absolute Gasteiger partial charge is 0.457 e. The summed E-state index contributed by atoms with van der Waals surface area (Å²) >= 11 is 0. The fourth-order valence-electron chi connectivity index (χ4n) is 2.79. The van der Waals surface area contributed by atoms with Crippen molar-refractivity contribution in [2.24, 2.45) is 0 Å². The van der Waals surface area contributed by atoms with Crippen molar-refractivity contribution in [3.05, 3.63) is 71.2 Å². The molecule has 0 unspecified atom stereocenters. The zero-order valence-corrected chi connectivity index (χ0v) is 13.8. The van der Waals surface area contributed by atoms with Gasteiger partial charge in [0.25, 0.3) is 0 Å². The molecule has 1 N–H and O–H groups in total. The van der Waals surface area contributed by atoms with Crippen molar-refractivity contribution in [2.45, 2.75) is 19.8 Å². The highest BCUT2D eigenvalue weighted by Gasteiger charge is 2.15. The molecule has 4 nitrogen and oxygen atoms in total. The molecule has 0 atom stereocenters. The number of aryl methyl sites for hydroxylation is 1. The molecular formula is C20H18FNO3. The zero-order chi connectivity index (χ0) is 17.8. The summed E-state index contributed by atoms with van der Waals surface area (Å²) in [6, 6.07) is 11.4. The molecule has 3 aromatic rings. The number of hydrogen-bond acceptors (Lipinski definition) is 3. The number of fused-ring (bicyclic) bond motifs is 1. The Bertz CT molecular complexity index is 912. The van der Waals surface area contributed by atoms with Gasteiger partial charge >= 0.3 is 5.97 Å². The topological polar surface area (TPSA) is 59.2 Å². The van der Waals surface area contributed by atoms with E-state index in [2.05, 4.69) is 4.98 Å². The lowest BCUT2D eigenvalue weighted by molar-refractivity contribution is -0.141. The Morgan fingerprint density at radius 3 is 2.60 bits per heavy atom. The lowest BCUT2D eigenvalue weighted by Crippen LogP contribution is -2.15. The van der Waals surface area contributed by atoms with Crippen molar-refractivity contribution in [1.82, 2.24) is 4.98 Å². The number of carbonyl (C=O) groups is 2. The second kappa shape index (κ2) is 7.30. The van der Waals surface area contributed by atoms with E-state index in [-0.39, 0.29) is 24.6 Å². The minimum Gasteiger partial charge on any atom is -0.457 e. The molecule has 0 fully saturated rings. The van der Waals surface area contributed by atoms with Gasteiger partial charge in [0.1, 0.15) is 5.82 Å². The summed E-state index contributed by atoms with van der Waals surface area (Å²) in [5, 5.41) is 0.832. The van der Waals surface area contributed by atoms with Crippen LogP contribution in [0.25, 0.3) is 10.9 Å². The summed E-state index contributed by atoms with van der Waals surface area (Å²) in [7, 11) is 0. The average Bonchev–Trinajstić information content (AvgIpc) is 3.06. The summed E-state index contributed by atoms with van der Waals surface area (Å²) in [6.45, 7) is 1.73. The number of H-pyrrole nitrogens is 1. The van der Waals surface area contributed by atoms with Crippen LogP contribution in [0.3, 0.4) is 0 Å². The van der Waals surface area contributed by atoms with E-state index in [0.717, 1.165) is 22.9 Å². The van der Waals surface area contributed by atoms with E-state index < -0.39 is 5.97 Å². The van der Waals surface area contributed by atoms with E-state index in [4.69, 9.17) is 4.74 Å². The van der Waals surface area contributed by atoms with Gasteiger partial charge in [-0.3, -0.25) is 9.59 Å². The Morgan fingerprint density at radius 2 is 1.88 bits per heavy atom. The Balaban J connectivity index is 1.64. The fraction of sp³-hybridized carbons (Fsp3) is 0.200. The molecule has 25 heavy (non-hydrogen) atoms. The van der Waals surface area contributed by atoms with Crippen LogP contribution < -0.4 is 0 Å². The van der Waals surface area contributed by atoms with E-state index in [1.807, 2.05) is 25.1 Å². The van der Waals surface area contributed by atoms with Crippen molar-refractivity contribution in [2.75, 3.05) is 6.61 Å². The van der Waals surface area contributed by atoms with Gasteiger partial charge in [0.2, 0.25) is 5.78 Å². The Kier molecular flexibility index (Phi) is 4.93. The standard InChI is InChI=1S/C20H18FNO3/c1-2-14-4-3-5-16-17(11-22-20(14)16)18(23)12-25-19(24)10-13-6-8-15(21)9-7-13/h3-9,11,22H,2,10,12H2,1H3. The molecule has 0 aliphatic heterocycles. The van der Waals surface area contributed by atoms with Crippen molar-refractivity contribution >= 4 is 22.7 Å². The first-order valence-electron chi connectivity index (χ1n) is 8.10. The van der Waals surface area contributed by atoms with Gasteiger partial charge < -0.3 is 9.72 Å². The number of hydrogen-bond donors (Lipinski definition) is 1. The second-order valence-corrected chi connectivity index (χ2v) is 5.78. The predicted octanol–water partition coefficient (Wildman–Crippen LogP) is 3.84. The third-order valence-corrected chi connectivity index (χ3v) is 4.11. The number of rotatable bonds is 6. The summed E-state index contributed by atoms with van der Waals surface area (Å²) in [4.78, 5) is 27.4. The van der Waals surface area contributed by atoms with E-state index in [0.29, 0.717) is 11.1 Å². The lowest BCUT2D eigenvalue weighted by atomic mass is 10.1. The first-order valence-corrected chi connectivity index (χ1v) is 8.10. The van der Waals surface area contributed by atoms with E-state index in [9.17, 15) is 14.0 Å². The SMILES string of the molecule is CCc1cccc2c(C(=O)COC(=O)Cc3ccc(F)cc3)c[nH]c12. The van der Waals surface area contributed by atoms with Crippen molar-refractivity contribution in [1.29, 1.82) is 0 Å². The number of ether oxygens (including phenoxy) is 1. The molecule has 0 aliphatic rings. The number of aromatic nitrogens is 1. The van der Waals surface area contributed by atoms with E-state index in [1.165, 1.54) is 24.3 Å². The van der Waals surface area contributed by atoms with Crippen LogP contribution in [0.5, 0.6) is 0 Å². The molecule has 0 radical (unpaired) electrons. The van der Waals surface area contributed by atoms with Crippen LogP contribution in [-0.2, 0) is 22.4 Å². The monoisotopic (exact) mass is 339 g/mol. The minimum absolute atomic E-state index is 0.00142. The third kappa shape index (κ3) is 3.76. The maximum Gasteiger partial charge on any atom is 0.310 e. The number of nitrogens with one attached hydrogen (secondary N) is 1. The maximum absolute atomic E-state index is 12.9. The molecule has 0 aliphatic carbocycles. The molecule has 1 aromatic heterocycles. The van der Waals surface area contributed by atoms with E-state index in [1.54, 1.807) is 6.20 Å². The average molecular weight is 339 g/mol. The number of esters is 1. The highest BCUT2D eigenvalue weighted by atomic mass is 19.1.